The number of anilines is 1. The smallest absolute Gasteiger partial charge is 0.348 e. The predicted octanol–water partition coefficient (Wildman–Crippen LogP) is 10.0. The van der Waals surface area contributed by atoms with Gasteiger partial charge in [0.25, 0.3) is 0 Å². The summed E-state index contributed by atoms with van der Waals surface area (Å²) in [6.07, 6.45) is 1.80. The molecule has 0 saturated heterocycles. The number of nitrogens with zero attached hydrogens (tertiary/aromatic N) is 7. The van der Waals surface area contributed by atoms with Crippen molar-refractivity contribution in [3.05, 3.63) is 71.1 Å². The average Bonchev–Trinajstić information content (AvgIpc) is 3.60. The van der Waals surface area contributed by atoms with E-state index < -0.39 is 0 Å². The second-order valence-corrected chi connectivity index (χ2v) is 11.3. The van der Waals surface area contributed by atoms with Crippen molar-refractivity contribution >= 4 is 76.8 Å². The SMILES string of the molecule is CCCCOC(=O)c1cc2sc(N=Nc3cc(C#N)c(N=Nc4ccc(N(CC)CC)cc4)c4ccccc34)nc2s1. The molecule has 212 valence electrons. The maximum Gasteiger partial charge on any atom is 0.348 e. The van der Waals surface area contributed by atoms with Crippen LogP contribution in [-0.2, 0) is 4.74 Å². The Bertz CT molecular complexity index is 1780. The number of azo groups is 2. The lowest BCUT2D eigenvalue weighted by Crippen LogP contribution is -2.21. The zero-order chi connectivity index (χ0) is 29.5. The lowest BCUT2D eigenvalue weighted by Gasteiger charge is -2.20. The number of thiazole rings is 1. The van der Waals surface area contributed by atoms with Crippen LogP contribution in [-0.4, -0.2) is 30.6 Å². The Morgan fingerprint density at radius 1 is 0.952 bits per heavy atom. The first-order chi connectivity index (χ1) is 20.5. The first-order valence-electron chi connectivity index (χ1n) is 13.8. The zero-order valence-electron chi connectivity index (χ0n) is 23.6. The van der Waals surface area contributed by atoms with Gasteiger partial charge in [0.15, 0.2) is 0 Å². The van der Waals surface area contributed by atoms with Crippen LogP contribution in [0.2, 0.25) is 0 Å². The fourth-order valence-corrected chi connectivity index (χ4v) is 6.31. The number of unbranched alkanes of at least 4 members (excludes halogenated alkanes) is 1. The van der Waals surface area contributed by atoms with Crippen molar-refractivity contribution in [3.63, 3.8) is 0 Å². The van der Waals surface area contributed by atoms with Crippen LogP contribution < -0.4 is 4.90 Å². The summed E-state index contributed by atoms with van der Waals surface area (Å²) in [6, 6.07) is 21.2. The lowest BCUT2D eigenvalue weighted by atomic mass is 10.0. The molecule has 0 N–H and O–H groups in total. The Balaban J connectivity index is 1.40. The fourth-order valence-electron chi connectivity index (χ4n) is 4.39. The third kappa shape index (κ3) is 6.35. The van der Waals surface area contributed by atoms with Gasteiger partial charge in [-0.2, -0.15) is 10.4 Å². The standard InChI is InChI=1S/C31H29N7O2S2/c1-4-7-16-40-30(39)27-18-26-29(41-27)33-31(42-26)37-35-25-17-20(19-32)28(24-11-9-8-10-23(24)25)36-34-21-12-14-22(15-13-21)38(5-2)6-3/h8-15,17-18H,4-7,16H2,1-3H3. The molecule has 0 spiro atoms. The van der Waals surface area contributed by atoms with E-state index in [0.717, 1.165) is 47.1 Å². The van der Waals surface area contributed by atoms with Crippen LogP contribution in [0.3, 0.4) is 0 Å². The summed E-state index contributed by atoms with van der Waals surface area (Å²) in [7, 11) is 0. The molecular weight excluding hydrogens is 567 g/mol. The van der Waals surface area contributed by atoms with E-state index in [-0.39, 0.29) is 5.97 Å². The maximum absolute atomic E-state index is 12.3. The van der Waals surface area contributed by atoms with Crippen LogP contribution in [0.15, 0.2) is 81.1 Å². The predicted molar refractivity (Wildman–Crippen MR) is 170 cm³/mol. The minimum absolute atomic E-state index is 0.328. The van der Waals surface area contributed by atoms with Gasteiger partial charge >= 0.3 is 5.97 Å². The molecule has 9 nitrogen and oxygen atoms in total. The third-order valence-corrected chi connectivity index (χ3v) is 8.64. The summed E-state index contributed by atoms with van der Waals surface area (Å²) < 4.78 is 6.15. The van der Waals surface area contributed by atoms with E-state index in [2.05, 4.69) is 50.3 Å². The molecule has 42 heavy (non-hydrogen) atoms. The van der Waals surface area contributed by atoms with E-state index in [4.69, 9.17) is 4.74 Å². The van der Waals surface area contributed by atoms with Gasteiger partial charge in [0.05, 0.1) is 28.2 Å². The van der Waals surface area contributed by atoms with E-state index in [0.29, 0.717) is 44.1 Å². The van der Waals surface area contributed by atoms with Gasteiger partial charge < -0.3 is 9.64 Å². The molecule has 0 unspecified atom stereocenters. The normalized spacial score (nSPS) is 11.6. The van der Waals surface area contributed by atoms with Crippen molar-refractivity contribution in [2.24, 2.45) is 20.5 Å². The number of fused-ring (bicyclic) bond motifs is 2. The monoisotopic (exact) mass is 595 g/mol. The summed E-state index contributed by atoms with van der Waals surface area (Å²) in [5.74, 6) is -0.328. The third-order valence-electron chi connectivity index (χ3n) is 6.61. The fraction of sp³-hybridized carbons (Fsp3) is 0.258. The van der Waals surface area contributed by atoms with Gasteiger partial charge in [0, 0.05) is 29.5 Å². The molecule has 0 aliphatic heterocycles. The van der Waals surface area contributed by atoms with Gasteiger partial charge in [-0.15, -0.1) is 26.7 Å². The van der Waals surface area contributed by atoms with E-state index in [9.17, 15) is 10.1 Å². The van der Waals surface area contributed by atoms with Crippen LogP contribution in [0, 0.1) is 11.3 Å². The molecular formula is C31H29N7O2S2. The highest BCUT2D eigenvalue weighted by molar-refractivity contribution is 7.29. The highest BCUT2D eigenvalue weighted by Gasteiger charge is 2.16. The number of esters is 1. The second kappa shape index (κ2) is 13.4. The van der Waals surface area contributed by atoms with E-state index in [1.54, 1.807) is 12.1 Å². The zero-order valence-corrected chi connectivity index (χ0v) is 25.2. The number of thiophene rings is 1. The number of ether oxygens (including phenoxy) is 1. The second-order valence-electron chi connectivity index (χ2n) is 9.30. The van der Waals surface area contributed by atoms with Crippen LogP contribution in [0.25, 0.3) is 20.3 Å². The molecule has 2 heterocycles. The Morgan fingerprint density at radius 3 is 2.40 bits per heavy atom. The van der Waals surface area contributed by atoms with E-state index in [1.165, 1.54) is 22.7 Å². The molecule has 11 heteroatoms. The summed E-state index contributed by atoms with van der Waals surface area (Å²) in [5, 5.41) is 29.7. The Kier molecular flexibility index (Phi) is 9.26. The molecule has 0 fully saturated rings. The molecule has 5 aromatic rings. The summed E-state index contributed by atoms with van der Waals surface area (Å²) in [4.78, 5) is 20.3. The number of hydrogen-bond donors (Lipinski definition) is 0. The first-order valence-corrected chi connectivity index (χ1v) is 15.4. The number of carbonyl (C=O) groups is 1. The summed E-state index contributed by atoms with van der Waals surface area (Å²) in [6.45, 7) is 8.56. The minimum Gasteiger partial charge on any atom is -0.462 e. The summed E-state index contributed by atoms with van der Waals surface area (Å²) >= 11 is 2.62. The van der Waals surface area contributed by atoms with Gasteiger partial charge in [-0.3, -0.25) is 0 Å². The number of nitriles is 1. The Morgan fingerprint density at radius 2 is 1.71 bits per heavy atom. The van der Waals surface area contributed by atoms with Crippen molar-refractivity contribution in [1.82, 2.24) is 4.98 Å². The van der Waals surface area contributed by atoms with Crippen LogP contribution in [0.1, 0.15) is 48.8 Å². The van der Waals surface area contributed by atoms with Gasteiger partial charge in [-0.25, -0.2) is 9.78 Å². The number of rotatable bonds is 11. The quantitative estimate of drug-likeness (QED) is 0.0856. The highest BCUT2D eigenvalue weighted by atomic mass is 32.1. The molecule has 0 bridgehead atoms. The molecule has 0 aliphatic rings. The van der Waals surface area contributed by atoms with Crippen molar-refractivity contribution in [3.8, 4) is 6.07 Å². The van der Waals surface area contributed by atoms with Crippen molar-refractivity contribution in [2.75, 3.05) is 24.6 Å². The van der Waals surface area contributed by atoms with Crippen molar-refractivity contribution in [2.45, 2.75) is 33.6 Å². The topological polar surface area (TPSA) is 116 Å². The average molecular weight is 596 g/mol. The van der Waals surface area contributed by atoms with E-state index >= 15 is 0 Å². The molecule has 0 atom stereocenters. The molecule has 2 aromatic heterocycles. The number of carbonyl (C=O) groups excluding carboxylic acids is 1. The van der Waals surface area contributed by atoms with Crippen molar-refractivity contribution in [1.29, 1.82) is 5.26 Å². The molecule has 0 aliphatic carbocycles. The Hall–Kier alpha value is -4.53. The molecule has 3 aromatic carbocycles. The van der Waals surface area contributed by atoms with Crippen LogP contribution in [0.4, 0.5) is 27.9 Å². The van der Waals surface area contributed by atoms with Gasteiger partial charge in [0.1, 0.15) is 21.5 Å². The van der Waals surface area contributed by atoms with Gasteiger partial charge in [-0.05, 0) is 56.7 Å². The molecule has 0 saturated carbocycles. The van der Waals surface area contributed by atoms with Gasteiger partial charge in [0.2, 0.25) is 5.13 Å². The molecule has 0 amide bonds. The minimum atomic E-state index is -0.328. The largest absolute Gasteiger partial charge is 0.462 e. The Labute approximate surface area is 251 Å². The number of hydrogen-bond acceptors (Lipinski definition) is 11. The lowest BCUT2D eigenvalue weighted by molar-refractivity contribution is 0.0505. The van der Waals surface area contributed by atoms with Gasteiger partial charge in [-0.1, -0.05) is 48.9 Å². The summed E-state index contributed by atoms with van der Waals surface area (Å²) in [5.41, 5.74) is 3.18. The molecule has 0 radical (unpaired) electrons. The number of aromatic nitrogens is 1. The van der Waals surface area contributed by atoms with Crippen LogP contribution >= 0.6 is 22.7 Å². The first kappa shape index (κ1) is 29.0. The maximum atomic E-state index is 12.3. The number of benzene rings is 3. The van der Waals surface area contributed by atoms with E-state index in [1.807, 2.05) is 55.5 Å². The highest BCUT2D eigenvalue weighted by Crippen LogP contribution is 2.40. The van der Waals surface area contributed by atoms with Crippen LogP contribution in [0.5, 0.6) is 0 Å². The molecule has 5 rings (SSSR count). The van der Waals surface area contributed by atoms with Crippen molar-refractivity contribution < 1.29 is 9.53 Å².